The summed E-state index contributed by atoms with van der Waals surface area (Å²) in [7, 11) is -4.26. The van der Waals surface area contributed by atoms with Gasteiger partial charge in [0.1, 0.15) is 16.8 Å². The summed E-state index contributed by atoms with van der Waals surface area (Å²) in [6.45, 7) is 4.49. The molecule has 0 radical (unpaired) electrons. The second kappa shape index (κ2) is 8.94. The highest BCUT2D eigenvalue weighted by atomic mass is 32.2. The number of carbonyl (C=O) groups is 2. The molecule has 1 amide bonds. The third-order valence-corrected chi connectivity index (χ3v) is 5.52. The van der Waals surface area contributed by atoms with E-state index in [2.05, 4.69) is 5.32 Å². The SMILES string of the molecule is Cc1ccc(NC(=O)COC(=O)[C@H](C)NS(=O)(=O)c2ccccc2F)cc1C. The van der Waals surface area contributed by atoms with Gasteiger partial charge in [0.2, 0.25) is 10.0 Å². The summed E-state index contributed by atoms with van der Waals surface area (Å²) in [5, 5.41) is 2.58. The highest BCUT2D eigenvalue weighted by Crippen LogP contribution is 2.15. The first-order chi connectivity index (χ1) is 13.1. The summed E-state index contributed by atoms with van der Waals surface area (Å²) in [6, 6.07) is 8.81. The van der Waals surface area contributed by atoms with Crippen molar-refractivity contribution in [2.45, 2.75) is 31.7 Å². The van der Waals surface area contributed by atoms with Gasteiger partial charge in [-0.1, -0.05) is 18.2 Å². The fourth-order valence-electron chi connectivity index (χ4n) is 2.28. The molecule has 0 aliphatic carbocycles. The third-order valence-electron chi connectivity index (χ3n) is 3.95. The van der Waals surface area contributed by atoms with Crippen molar-refractivity contribution in [1.29, 1.82) is 0 Å². The number of amides is 1. The van der Waals surface area contributed by atoms with Crippen molar-refractivity contribution >= 4 is 27.6 Å². The molecule has 2 rings (SSSR count). The molecule has 0 fully saturated rings. The van der Waals surface area contributed by atoms with Crippen molar-refractivity contribution in [2.24, 2.45) is 0 Å². The fraction of sp³-hybridized carbons (Fsp3) is 0.263. The maximum Gasteiger partial charge on any atom is 0.324 e. The van der Waals surface area contributed by atoms with E-state index >= 15 is 0 Å². The van der Waals surface area contributed by atoms with Gasteiger partial charge in [-0.2, -0.15) is 4.72 Å². The molecule has 0 aliphatic heterocycles. The van der Waals surface area contributed by atoms with Gasteiger partial charge in [0.25, 0.3) is 5.91 Å². The number of ether oxygens (including phenoxy) is 1. The number of nitrogens with one attached hydrogen (secondary N) is 2. The molecule has 28 heavy (non-hydrogen) atoms. The van der Waals surface area contributed by atoms with Crippen molar-refractivity contribution in [3.05, 3.63) is 59.4 Å². The van der Waals surface area contributed by atoms with Gasteiger partial charge in [-0.25, -0.2) is 12.8 Å². The lowest BCUT2D eigenvalue weighted by Crippen LogP contribution is -2.40. The van der Waals surface area contributed by atoms with Crippen molar-refractivity contribution in [3.8, 4) is 0 Å². The second-order valence-electron chi connectivity index (χ2n) is 6.23. The molecule has 0 aromatic heterocycles. The van der Waals surface area contributed by atoms with Crippen LogP contribution in [0.15, 0.2) is 47.4 Å². The molecule has 2 aromatic rings. The van der Waals surface area contributed by atoms with Gasteiger partial charge >= 0.3 is 5.97 Å². The topological polar surface area (TPSA) is 102 Å². The fourth-order valence-corrected chi connectivity index (χ4v) is 3.56. The first kappa shape index (κ1) is 21.5. The predicted molar refractivity (Wildman–Crippen MR) is 102 cm³/mol. The quantitative estimate of drug-likeness (QED) is 0.685. The summed E-state index contributed by atoms with van der Waals surface area (Å²) in [5.74, 6) is -2.47. The summed E-state index contributed by atoms with van der Waals surface area (Å²) in [6.07, 6.45) is 0. The standard InChI is InChI=1S/C19H21FN2O5S/c1-12-8-9-15(10-13(12)2)21-18(23)11-27-19(24)14(3)22-28(25,26)17-7-5-4-6-16(17)20/h4-10,14,22H,11H2,1-3H3,(H,21,23)/t14-/m0/s1. The average Bonchev–Trinajstić information content (AvgIpc) is 2.62. The molecule has 2 aromatic carbocycles. The van der Waals surface area contributed by atoms with Crippen LogP contribution in [-0.4, -0.2) is 32.9 Å². The van der Waals surface area contributed by atoms with Gasteiger partial charge in [-0.3, -0.25) is 9.59 Å². The first-order valence-electron chi connectivity index (χ1n) is 8.41. The monoisotopic (exact) mass is 408 g/mol. The Bertz CT molecular complexity index is 992. The zero-order valence-electron chi connectivity index (χ0n) is 15.7. The van der Waals surface area contributed by atoms with Gasteiger partial charge < -0.3 is 10.1 Å². The van der Waals surface area contributed by atoms with Gasteiger partial charge in [-0.15, -0.1) is 0 Å². The van der Waals surface area contributed by atoms with Crippen LogP contribution in [0.3, 0.4) is 0 Å². The molecule has 150 valence electrons. The van der Waals surface area contributed by atoms with E-state index in [4.69, 9.17) is 4.74 Å². The van der Waals surface area contributed by atoms with E-state index in [1.807, 2.05) is 24.6 Å². The minimum atomic E-state index is -4.26. The van der Waals surface area contributed by atoms with Crippen molar-refractivity contribution in [1.82, 2.24) is 4.72 Å². The van der Waals surface area contributed by atoms with Crippen LogP contribution in [0.1, 0.15) is 18.1 Å². The molecule has 0 saturated carbocycles. The van der Waals surface area contributed by atoms with Crippen LogP contribution in [0.2, 0.25) is 0 Å². The third kappa shape index (κ3) is 5.61. The molecule has 9 heteroatoms. The number of benzene rings is 2. The van der Waals surface area contributed by atoms with Gasteiger partial charge in [-0.05, 0) is 56.2 Å². The summed E-state index contributed by atoms with van der Waals surface area (Å²) in [4.78, 5) is 23.3. The van der Waals surface area contributed by atoms with Gasteiger partial charge in [0, 0.05) is 5.69 Å². The van der Waals surface area contributed by atoms with E-state index in [0.29, 0.717) is 5.69 Å². The lowest BCUT2D eigenvalue weighted by atomic mass is 10.1. The molecule has 0 unspecified atom stereocenters. The number of anilines is 1. The maximum atomic E-state index is 13.7. The summed E-state index contributed by atoms with van der Waals surface area (Å²) >= 11 is 0. The van der Waals surface area contributed by atoms with E-state index in [1.54, 1.807) is 12.1 Å². The van der Waals surface area contributed by atoms with Crippen molar-refractivity contribution in [3.63, 3.8) is 0 Å². The Morgan fingerprint density at radius 1 is 1.11 bits per heavy atom. The van der Waals surface area contributed by atoms with Crippen LogP contribution in [0.4, 0.5) is 10.1 Å². The molecule has 0 spiro atoms. The molecule has 1 atom stereocenters. The van der Waals surface area contributed by atoms with Crippen LogP contribution in [-0.2, 0) is 24.3 Å². The Labute approximate surface area is 163 Å². The van der Waals surface area contributed by atoms with Gasteiger partial charge in [0.05, 0.1) is 0 Å². The molecular weight excluding hydrogens is 387 g/mol. The number of aryl methyl sites for hydroxylation is 2. The molecule has 0 saturated heterocycles. The first-order valence-corrected chi connectivity index (χ1v) is 9.89. The van der Waals surface area contributed by atoms with Crippen LogP contribution in [0.25, 0.3) is 0 Å². The molecular formula is C19H21FN2O5S. The molecule has 0 aliphatic rings. The Morgan fingerprint density at radius 2 is 1.79 bits per heavy atom. The lowest BCUT2D eigenvalue weighted by Gasteiger charge is -2.14. The number of halogens is 1. The highest BCUT2D eigenvalue weighted by molar-refractivity contribution is 7.89. The van der Waals surface area contributed by atoms with E-state index in [9.17, 15) is 22.4 Å². The van der Waals surface area contributed by atoms with Crippen LogP contribution >= 0.6 is 0 Å². The van der Waals surface area contributed by atoms with Crippen LogP contribution in [0.5, 0.6) is 0 Å². The minimum Gasteiger partial charge on any atom is -0.454 e. The zero-order valence-corrected chi connectivity index (χ0v) is 16.5. The molecule has 2 N–H and O–H groups in total. The average molecular weight is 408 g/mol. The Balaban J connectivity index is 1.90. The van der Waals surface area contributed by atoms with Crippen LogP contribution in [0, 0.1) is 19.7 Å². The normalized spacial score (nSPS) is 12.3. The number of hydrogen-bond acceptors (Lipinski definition) is 5. The molecule has 7 nitrogen and oxygen atoms in total. The molecule has 0 bridgehead atoms. The number of esters is 1. The van der Waals surface area contributed by atoms with E-state index in [0.717, 1.165) is 23.3 Å². The largest absolute Gasteiger partial charge is 0.454 e. The second-order valence-corrected chi connectivity index (χ2v) is 7.91. The van der Waals surface area contributed by atoms with E-state index in [1.165, 1.54) is 19.1 Å². The Hall–Kier alpha value is -2.78. The van der Waals surface area contributed by atoms with Crippen molar-refractivity contribution in [2.75, 3.05) is 11.9 Å². The minimum absolute atomic E-state index is 0.553. The lowest BCUT2D eigenvalue weighted by molar-refractivity contribution is -0.148. The number of hydrogen-bond donors (Lipinski definition) is 2. The zero-order chi connectivity index (χ0) is 20.9. The van der Waals surface area contributed by atoms with E-state index in [-0.39, 0.29) is 0 Å². The highest BCUT2D eigenvalue weighted by Gasteiger charge is 2.25. The maximum absolute atomic E-state index is 13.7. The Kier molecular flexibility index (Phi) is 6.87. The van der Waals surface area contributed by atoms with Crippen molar-refractivity contribution < 1.29 is 27.1 Å². The molecule has 0 heterocycles. The number of carbonyl (C=O) groups excluding carboxylic acids is 2. The number of rotatable bonds is 7. The van der Waals surface area contributed by atoms with Crippen LogP contribution < -0.4 is 10.0 Å². The summed E-state index contributed by atoms with van der Waals surface area (Å²) < 4.78 is 44.9. The Morgan fingerprint density at radius 3 is 2.43 bits per heavy atom. The summed E-state index contributed by atoms with van der Waals surface area (Å²) in [5.41, 5.74) is 2.61. The number of sulfonamides is 1. The van der Waals surface area contributed by atoms with Gasteiger partial charge in [0.15, 0.2) is 6.61 Å². The smallest absolute Gasteiger partial charge is 0.324 e. The predicted octanol–water partition coefficient (Wildman–Crippen LogP) is 2.29. The van der Waals surface area contributed by atoms with E-state index < -0.39 is 45.3 Å².